The Morgan fingerprint density at radius 2 is 2.18 bits per heavy atom. The van der Waals surface area contributed by atoms with E-state index < -0.39 is 17.4 Å². The zero-order valence-corrected chi connectivity index (χ0v) is 9.15. The number of nitrogens with zero attached hydrogens (tertiary/aromatic N) is 2. The van der Waals surface area contributed by atoms with Gasteiger partial charge in [-0.2, -0.15) is 5.10 Å². The molecule has 0 bridgehead atoms. The first-order valence-corrected chi connectivity index (χ1v) is 5.02. The largest absolute Gasteiger partial charge is 0.294 e. The van der Waals surface area contributed by atoms with Crippen LogP contribution in [0.25, 0.3) is 0 Å². The fourth-order valence-corrected chi connectivity index (χ4v) is 1.56. The highest BCUT2D eigenvalue weighted by Gasteiger charge is 2.15. The van der Waals surface area contributed by atoms with Gasteiger partial charge in [0.2, 0.25) is 0 Å². The molecule has 0 saturated carbocycles. The summed E-state index contributed by atoms with van der Waals surface area (Å²) in [6, 6.07) is 3.57. The molecule has 0 amide bonds. The summed E-state index contributed by atoms with van der Waals surface area (Å²) in [6.07, 6.45) is 3.19. The second kappa shape index (κ2) is 4.45. The average molecular weight is 236 g/mol. The van der Waals surface area contributed by atoms with Crippen molar-refractivity contribution in [3.63, 3.8) is 0 Å². The second-order valence-corrected chi connectivity index (χ2v) is 3.72. The van der Waals surface area contributed by atoms with E-state index in [-0.39, 0.29) is 12.0 Å². The Morgan fingerprint density at radius 1 is 1.41 bits per heavy atom. The Bertz CT molecular complexity index is 563. The third kappa shape index (κ3) is 2.38. The van der Waals surface area contributed by atoms with Gasteiger partial charge in [-0.15, -0.1) is 0 Å². The molecule has 2 aromatic rings. The SMILES string of the molecule is Cn1cc(CC(=O)c2cccc(F)c2F)cn1. The molecule has 0 unspecified atom stereocenters. The zero-order chi connectivity index (χ0) is 12.4. The van der Waals surface area contributed by atoms with Crippen molar-refractivity contribution >= 4 is 5.78 Å². The first-order chi connectivity index (χ1) is 8.08. The fraction of sp³-hybridized carbons (Fsp3) is 0.167. The summed E-state index contributed by atoms with van der Waals surface area (Å²) < 4.78 is 27.8. The van der Waals surface area contributed by atoms with Crippen LogP contribution in [0.3, 0.4) is 0 Å². The maximum atomic E-state index is 13.3. The van der Waals surface area contributed by atoms with Crippen LogP contribution in [0.4, 0.5) is 8.78 Å². The molecule has 1 aromatic heterocycles. The first-order valence-electron chi connectivity index (χ1n) is 5.02. The standard InChI is InChI=1S/C12H10F2N2O/c1-16-7-8(6-15-16)5-11(17)9-3-2-4-10(13)12(9)14/h2-4,6-7H,5H2,1H3. The third-order valence-corrected chi connectivity index (χ3v) is 2.38. The monoisotopic (exact) mass is 236 g/mol. The van der Waals surface area contributed by atoms with Crippen molar-refractivity contribution in [2.75, 3.05) is 0 Å². The summed E-state index contributed by atoms with van der Waals surface area (Å²) in [6.45, 7) is 0. The van der Waals surface area contributed by atoms with Gasteiger partial charge in [-0.1, -0.05) is 6.07 Å². The lowest BCUT2D eigenvalue weighted by Crippen LogP contribution is -2.07. The van der Waals surface area contributed by atoms with E-state index in [1.165, 1.54) is 18.3 Å². The number of benzene rings is 1. The lowest BCUT2D eigenvalue weighted by molar-refractivity contribution is 0.0988. The fourth-order valence-electron chi connectivity index (χ4n) is 1.56. The van der Waals surface area contributed by atoms with Crippen molar-refractivity contribution in [1.82, 2.24) is 9.78 Å². The molecule has 17 heavy (non-hydrogen) atoms. The molecule has 1 aromatic carbocycles. The minimum absolute atomic E-state index is 0.00815. The van der Waals surface area contributed by atoms with Crippen molar-refractivity contribution in [1.29, 1.82) is 0 Å². The van der Waals surface area contributed by atoms with Crippen LogP contribution in [0.2, 0.25) is 0 Å². The van der Waals surface area contributed by atoms with Gasteiger partial charge < -0.3 is 0 Å². The van der Waals surface area contributed by atoms with E-state index in [0.717, 1.165) is 6.07 Å². The molecule has 5 heteroatoms. The van der Waals surface area contributed by atoms with Gasteiger partial charge in [-0.3, -0.25) is 9.48 Å². The van der Waals surface area contributed by atoms with E-state index in [4.69, 9.17) is 0 Å². The highest BCUT2D eigenvalue weighted by molar-refractivity contribution is 5.97. The predicted octanol–water partition coefficient (Wildman–Crippen LogP) is 2.12. The summed E-state index contributed by atoms with van der Waals surface area (Å²) in [4.78, 5) is 11.8. The molecule has 3 nitrogen and oxygen atoms in total. The van der Waals surface area contributed by atoms with Crippen LogP contribution in [0, 0.1) is 11.6 Å². The normalized spacial score (nSPS) is 10.5. The van der Waals surface area contributed by atoms with Gasteiger partial charge in [0, 0.05) is 19.7 Å². The summed E-state index contributed by atoms with van der Waals surface area (Å²) in [5.41, 5.74) is 0.440. The summed E-state index contributed by atoms with van der Waals surface area (Å²) in [7, 11) is 1.72. The highest BCUT2D eigenvalue weighted by Crippen LogP contribution is 2.14. The number of Topliss-reactive ketones (excluding diaryl/α,β-unsaturated/α-hetero) is 1. The number of aromatic nitrogens is 2. The zero-order valence-electron chi connectivity index (χ0n) is 9.15. The van der Waals surface area contributed by atoms with Gasteiger partial charge in [-0.05, 0) is 17.7 Å². The molecule has 0 spiro atoms. The smallest absolute Gasteiger partial charge is 0.170 e. The molecular formula is C12H10F2N2O. The van der Waals surface area contributed by atoms with Crippen molar-refractivity contribution in [3.05, 3.63) is 53.4 Å². The third-order valence-electron chi connectivity index (χ3n) is 2.38. The minimum atomic E-state index is -1.10. The molecule has 0 radical (unpaired) electrons. The lowest BCUT2D eigenvalue weighted by Gasteiger charge is -2.01. The molecule has 0 atom stereocenters. The van der Waals surface area contributed by atoms with E-state index in [1.54, 1.807) is 17.9 Å². The van der Waals surface area contributed by atoms with E-state index in [1.807, 2.05) is 0 Å². The Morgan fingerprint density at radius 3 is 2.82 bits per heavy atom. The number of hydrogen-bond acceptors (Lipinski definition) is 2. The minimum Gasteiger partial charge on any atom is -0.294 e. The number of carbonyl (C=O) groups excluding carboxylic acids is 1. The highest BCUT2D eigenvalue weighted by atomic mass is 19.2. The summed E-state index contributed by atoms with van der Waals surface area (Å²) >= 11 is 0. The number of halogens is 2. The molecular weight excluding hydrogens is 226 g/mol. The first kappa shape index (κ1) is 11.4. The Hall–Kier alpha value is -2.04. The van der Waals surface area contributed by atoms with Gasteiger partial charge in [0.1, 0.15) is 0 Å². The molecule has 0 aliphatic heterocycles. The lowest BCUT2D eigenvalue weighted by atomic mass is 10.0. The van der Waals surface area contributed by atoms with E-state index in [9.17, 15) is 13.6 Å². The van der Waals surface area contributed by atoms with Crippen molar-refractivity contribution in [2.24, 2.45) is 7.05 Å². The molecule has 1 heterocycles. The Labute approximate surface area is 96.7 Å². The van der Waals surface area contributed by atoms with Gasteiger partial charge >= 0.3 is 0 Å². The molecule has 88 valence electrons. The Balaban J connectivity index is 2.23. The topological polar surface area (TPSA) is 34.9 Å². The predicted molar refractivity (Wildman–Crippen MR) is 57.6 cm³/mol. The van der Waals surface area contributed by atoms with Crippen LogP contribution >= 0.6 is 0 Å². The van der Waals surface area contributed by atoms with Crippen LogP contribution in [0.15, 0.2) is 30.6 Å². The number of hydrogen-bond donors (Lipinski definition) is 0. The number of carbonyl (C=O) groups is 1. The van der Waals surface area contributed by atoms with Crippen LogP contribution in [0.1, 0.15) is 15.9 Å². The summed E-state index contributed by atoms with van der Waals surface area (Å²) in [5, 5.41) is 3.90. The average Bonchev–Trinajstić information content (AvgIpc) is 2.68. The number of aryl methyl sites for hydroxylation is 1. The van der Waals surface area contributed by atoms with E-state index >= 15 is 0 Å². The number of rotatable bonds is 3. The quantitative estimate of drug-likeness (QED) is 0.765. The molecule has 0 fully saturated rings. The van der Waals surface area contributed by atoms with Crippen LogP contribution in [-0.4, -0.2) is 15.6 Å². The maximum Gasteiger partial charge on any atom is 0.170 e. The van der Waals surface area contributed by atoms with Crippen molar-refractivity contribution < 1.29 is 13.6 Å². The van der Waals surface area contributed by atoms with E-state index in [2.05, 4.69) is 5.10 Å². The van der Waals surface area contributed by atoms with Gasteiger partial charge in [0.05, 0.1) is 11.8 Å². The van der Waals surface area contributed by atoms with Gasteiger partial charge in [0.15, 0.2) is 17.4 Å². The molecule has 0 aliphatic rings. The van der Waals surface area contributed by atoms with Crippen LogP contribution in [-0.2, 0) is 13.5 Å². The van der Waals surface area contributed by atoms with Crippen LogP contribution in [0.5, 0.6) is 0 Å². The van der Waals surface area contributed by atoms with Gasteiger partial charge in [0.25, 0.3) is 0 Å². The van der Waals surface area contributed by atoms with Crippen LogP contribution < -0.4 is 0 Å². The number of ketones is 1. The van der Waals surface area contributed by atoms with E-state index in [0.29, 0.717) is 5.56 Å². The summed E-state index contributed by atoms with van der Waals surface area (Å²) in [5.74, 6) is -2.57. The molecule has 0 saturated heterocycles. The maximum absolute atomic E-state index is 13.3. The van der Waals surface area contributed by atoms with Gasteiger partial charge in [-0.25, -0.2) is 8.78 Å². The second-order valence-electron chi connectivity index (χ2n) is 3.72. The molecule has 2 rings (SSSR count). The van der Waals surface area contributed by atoms with Crippen molar-refractivity contribution in [3.8, 4) is 0 Å². The Kier molecular flexibility index (Phi) is 2.99. The van der Waals surface area contributed by atoms with Crippen molar-refractivity contribution in [2.45, 2.75) is 6.42 Å². The molecule has 0 aliphatic carbocycles. The molecule has 0 N–H and O–H groups in total.